The molecule has 1 saturated heterocycles. The highest BCUT2D eigenvalue weighted by Gasteiger charge is 2.37. The number of nitrogens with one attached hydrogen (secondary N) is 1. The molecule has 4 rings (SSSR count). The number of benzene rings is 1. The number of fused-ring (bicyclic) bond motifs is 1. The lowest BCUT2D eigenvalue weighted by Gasteiger charge is -2.36. The van der Waals surface area contributed by atoms with Crippen LogP contribution in [-0.2, 0) is 4.74 Å². The minimum absolute atomic E-state index is 0.0551. The van der Waals surface area contributed by atoms with Crippen LogP contribution in [0.3, 0.4) is 0 Å². The first-order valence-corrected chi connectivity index (χ1v) is 10.6. The van der Waals surface area contributed by atoms with Crippen LogP contribution in [0.1, 0.15) is 35.3 Å². The zero-order valence-electron chi connectivity index (χ0n) is 17.7. The molecule has 1 aliphatic rings. The van der Waals surface area contributed by atoms with Gasteiger partial charge in [-0.25, -0.2) is 4.79 Å². The third kappa shape index (κ3) is 6.14. The average molecular weight is 519 g/mol. The number of rotatable bonds is 7. The molecule has 0 bridgehead atoms. The summed E-state index contributed by atoms with van der Waals surface area (Å²) < 4.78 is 55.3. The van der Waals surface area contributed by atoms with Crippen molar-refractivity contribution >= 4 is 34.6 Å². The van der Waals surface area contributed by atoms with E-state index in [1.165, 1.54) is 6.07 Å². The molecule has 1 fully saturated rings. The number of halogens is 4. The van der Waals surface area contributed by atoms with Crippen molar-refractivity contribution in [2.45, 2.75) is 31.3 Å². The maximum atomic E-state index is 12.6. The van der Waals surface area contributed by atoms with Crippen LogP contribution in [0.15, 0.2) is 33.1 Å². The molecule has 0 aliphatic carbocycles. The molecule has 0 radical (unpaired) electrons. The van der Waals surface area contributed by atoms with Crippen LogP contribution >= 0.6 is 11.6 Å². The van der Waals surface area contributed by atoms with Gasteiger partial charge in [0.2, 0.25) is 5.89 Å². The normalized spacial score (nSPS) is 18.6. The zero-order chi connectivity index (χ0) is 25.2. The van der Waals surface area contributed by atoms with E-state index in [9.17, 15) is 27.9 Å². The first-order chi connectivity index (χ1) is 16.6. The van der Waals surface area contributed by atoms with Gasteiger partial charge in [0.1, 0.15) is 18.2 Å². The summed E-state index contributed by atoms with van der Waals surface area (Å²) in [5.74, 6) is -0.543. The fourth-order valence-electron chi connectivity index (χ4n) is 3.64. The second-order valence-electron chi connectivity index (χ2n) is 7.54. The van der Waals surface area contributed by atoms with Crippen molar-refractivity contribution in [3.63, 3.8) is 0 Å². The number of hydrogen-bond acceptors (Lipinski definition) is 8. The van der Waals surface area contributed by atoms with Crippen molar-refractivity contribution in [1.82, 2.24) is 20.4 Å². The number of likely N-dealkylation sites (tertiary alicyclic amines) is 1. The third-order valence-electron chi connectivity index (χ3n) is 5.15. The quantitative estimate of drug-likeness (QED) is 0.444. The van der Waals surface area contributed by atoms with Gasteiger partial charge in [0, 0.05) is 23.0 Å². The highest BCUT2D eigenvalue weighted by molar-refractivity contribution is 6.31. The largest absolute Gasteiger partial charge is 0.522 e. The summed E-state index contributed by atoms with van der Waals surface area (Å²) in [7, 11) is 0. The molecular formula is C20H18ClF3N4O7. The molecule has 3 aromatic rings. The molecule has 2 aromatic heterocycles. The fourth-order valence-corrected chi connectivity index (χ4v) is 3.82. The Bertz CT molecular complexity index is 1220. The molecule has 0 saturated carbocycles. The lowest BCUT2D eigenvalue weighted by molar-refractivity contribution is -0.325. The standard InChI is InChI=1S/C20H18ClF3N4O7/c21-11-1-4-14-10(7-11)8-15(34-14)16(29)25-12-2-3-13(28(9-12)19(30)31)17-26-27-18(35-17)32-5-6-33-20(22,23)24/h1,4,7-8,12-13H,2-3,5-6,9H2,(H,25,29)(H,30,31)/t12-,13+/m0/s1. The first-order valence-electron chi connectivity index (χ1n) is 10.3. The van der Waals surface area contributed by atoms with Crippen LogP contribution in [0.25, 0.3) is 11.0 Å². The fraction of sp³-hybridized carbons (Fsp3) is 0.400. The molecule has 3 heterocycles. The maximum Gasteiger partial charge on any atom is 0.522 e. The number of alkyl halides is 3. The average Bonchev–Trinajstić information content (AvgIpc) is 3.43. The number of carbonyl (C=O) groups excluding carboxylic acids is 1. The lowest BCUT2D eigenvalue weighted by Crippen LogP contribution is -2.50. The van der Waals surface area contributed by atoms with Gasteiger partial charge in [-0.15, -0.1) is 18.3 Å². The summed E-state index contributed by atoms with van der Waals surface area (Å²) in [4.78, 5) is 25.5. The molecule has 35 heavy (non-hydrogen) atoms. The summed E-state index contributed by atoms with van der Waals surface area (Å²) in [6, 6.07) is 5.11. The molecule has 2 amide bonds. The van der Waals surface area contributed by atoms with Gasteiger partial charge in [-0.05, 0) is 37.1 Å². The number of hydrogen-bond donors (Lipinski definition) is 2. The molecule has 15 heteroatoms. The Hall–Kier alpha value is -3.52. The second-order valence-corrected chi connectivity index (χ2v) is 7.98. The molecule has 0 unspecified atom stereocenters. The Morgan fingerprint density at radius 2 is 2.00 bits per heavy atom. The van der Waals surface area contributed by atoms with E-state index in [0.717, 1.165) is 4.90 Å². The van der Waals surface area contributed by atoms with Crippen LogP contribution in [0.2, 0.25) is 5.02 Å². The van der Waals surface area contributed by atoms with E-state index in [1.807, 2.05) is 0 Å². The van der Waals surface area contributed by atoms with Gasteiger partial charge in [0.25, 0.3) is 5.91 Å². The SMILES string of the molecule is O=C(N[C@H]1CC[C@H](c2nnc(OCCOC(F)(F)F)o2)N(C(=O)O)C1)c1cc2cc(Cl)ccc2o1. The van der Waals surface area contributed by atoms with Crippen molar-refractivity contribution in [3.8, 4) is 6.08 Å². The highest BCUT2D eigenvalue weighted by atomic mass is 35.5. The van der Waals surface area contributed by atoms with Gasteiger partial charge < -0.3 is 24.0 Å². The number of furan rings is 1. The van der Waals surface area contributed by atoms with Crippen molar-refractivity contribution in [1.29, 1.82) is 0 Å². The second kappa shape index (κ2) is 10.00. The van der Waals surface area contributed by atoms with Crippen LogP contribution < -0.4 is 10.1 Å². The topological polar surface area (TPSA) is 140 Å². The van der Waals surface area contributed by atoms with E-state index < -0.39 is 49.7 Å². The smallest absolute Gasteiger partial charge is 0.465 e. The predicted molar refractivity (Wildman–Crippen MR) is 111 cm³/mol. The minimum atomic E-state index is -4.79. The van der Waals surface area contributed by atoms with Gasteiger partial charge in [0.15, 0.2) is 5.76 Å². The first kappa shape index (κ1) is 24.6. The van der Waals surface area contributed by atoms with E-state index in [-0.39, 0.29) is 24.6 Å². The Morgan fingerprint density at radius 3 is 2.74 bits per heavy atom. The Balaban J connectivity index is 1.36. The number of carboxylic acid groups (broad SMARTS) is 1. The molecule has 1 aliphatic heterocycles. The van der Waals surface area contributed by atoms with Crippen molar-refractivity contribution in [2.24, 2.45) is 0 Å². The predicted octanol–water partition coefficient (Wildman–Crippen LogP) is 4.00. The molecule has 1 aromatic carbocycles. The molecule has 0 spiro atoms. The number of nitrogens with zero attached hydrogens (tertiary/aromatic N) is 3. The number of piperidine rings is 1. The summed E-state index contributed by atoms with van der Waals surface area (Å²) in [6.07, 6.45) is -5.89. The molecule has 188 valence electrons. The van der Waals surface area contributed by atoms with E-state index >= 15 is 0 Å². The molecule has 11 nitrogen and oxygen atoms in total. The van der Waals surface area contributed by atoms with Gasteiger partial charge in [-0.3, -0.25) is 14.4 Å². The summed E-state index contributed by atoms with van der Waals surface area (Å²) in [6.45, 7) is -1.36. The van der Waals surface area contributed by atoms with Crippen molar-refractivity contribution in [3.05, 3.63) is 40.9 Å². The molecule has 2 N–H and O–H groups in total. The number of amides is 2. The zero-order valence-corrected chi connectivity index (χ0v) is 18.5. The van der Waals surface area contributed by atoms with Gasteiger partial charge >= 0.3 is 18.5 Å². The van der Waals surface area contributed by atoms with Crippen molar-refractivity contribution in [2.75, 3.05) is 19.8 Å². The molecular weight excluding hydrogens is 501 g/mol. The van der Waals surface area contributed by atoms with Crippen LogP contribution in [0.4, 0.5) is 18.0 Å². The number of aromatic nitrogens is 2. The van der Waals surface area contributed by atoms with E-state index in [2.05, 4.69) is 20.3 Å². The lowest BCUT2D eigenvalue weighted by atomic mass is 9.98. The monoisotopic (exact) mass is 518 g/mol. The Kier molecular flexibility index (Phi) is 7.03. The highest BCUT2D eigenvalue weighted by Crippen LogP contribution is 2.32. The van der Waals surface area contributed by atoms with Crippen LogP contribution in [-0.4, -0.2) is 64.4 Å². The van der Waals surface area contributed by atoms with Crippen LogP contribution in [0.5, 0.6) is 6.08 Å². The third-order valence-corrected chi connectivity index (χ3v) is 5.38. The number of ether oxygens (including phenoxy) is 2. The summed E-state index contributed by atoms with van der Waals surface area (Å²) >= 11 is 5.95. The van der Waals surface area contributed by atoms with Gasteiger partial charge in [-0.2, -0.15) is 0 Å². The Labute approximate surface area is 199 Å². The summed E-state index contributed by atoms with van der Waals surface area (Å²) in [5.41, 5.74) is 0.481. The van der Waals surface area contributed by atoms with E-state index in [0.29, 0.717) is 22.4 Å². The number of carbonyl (C=O) groups is 2. The van der Waals surface area contributed by atoms with E-state index in [4.69, 9.17) is 25.2 Å². The van der Waals surface area contributed by atoms with E-state index in [1.54, 1.807) is 18.2 Å². The van der Waals surface area contributed by atoms with Crippen molar-refractivity contribution < 1.29 is 46.2 Å². The van der Waals surface area contributed by atoms with Gasteiger partial charge in [0.05, 0.1) is 6.61 Å². The minimum Gasteiger partial charge on any atom is -0.465 e. The molecule has 2 atom stereocenters. The van der Waals surface area contributed by atoms with Crippen LogP contribution in [0, 0.1) is 0 Å². The summed E-state index contributed by atoms with van der Waals surface area (Å²) in [5, 5.41) is 20.9. The Morgan fingerprint density at radius 1 is 1.20 bits per heavy atom. The van der Waals surface area contributed by atoms with Gasteiger partial charge in [-0.1, -0.05) is 16.7 Å². The maximum absolute atomic E-state index is 12.6.